The van der Waals surface area contributed by atoms with Gasteiger partial charge in [-0.25, -0.2) is 4.57 Å². The molecule has 2 heteroatoms. The van der Waals surface area contributed by atoms with Crippen molar-refractivity contribution in [2.24, 2.45) is 0 Å². The van der Waals surface area contributed by atoms with Crippen LogP contribution >= 0.6 is 0 Å². The van der Waals surface area contributed by atoms with E-state index < -0.39 is 0 Å². The third-order valence-corrected chi connectivity index (χ3v) is 7.24. The van der Waals surface area contributed by atoms with Crippen molar-refractivity contribution in [3.8, 4) is 0 Å². The van der Waals surface area contributed by atoms with Gasteiger partial charge in [0.2, 0.25) is 6.33 Å². The summed E-state index contributed by atoms with van der Waals surface area (Å²) in [7, 11) is 0. The molecular formula is C31H53N2+. The van der Waals surface area contributed by atoms with Gasteiger partial charge in [-0.05, 0) is 31.2 Å². The molecule has 0 radical (unpaired) electrons. The molecule has 2 nitrogen and oxygen atoms in total. The van der Waals surface area contributed by atoms with Gasteiger partial charge in [0, 0.05) is 0 Å². The summed E-state index contributed by atoms with van der Waals surface area (Å²) < 4.78 is 2.38. The molecule has 1 atom stereocenters. The number of unbranched alkanes of at least 4 members (excludes halogenated alkanes) is 16. The van der Waals surface area contributed by atoms with Gasteiger partial charge in [0.15, 0.2) is 0 Å². The third-order valence-electron chi connectivity index (χ3n) is 7.24. The number of rotatable bonds is 22. The topological polar surface area (TPSA) is 19.7 Å². The lowest BCUT2D eigenvalue weighted by atomic mass is 9.99. The molecule has 0 aliphatic heterocycles. The van der Waals surface area contributed by atoms with E-state index in [1.54, 1.807) is 0 Å². The van der Waals surface area contributed by atoms with Crippen LogP contribution in [-0.2, 0) is 6.42 Å². The Balaban J connectivity index is 1.40. The lowest BCUT2D eigenvalue weighted by molar-refractivity contribution is -0.723. The van der Waals surface area contributed by atoms with Gasteiger partial charge in [-0.15, -0.1) is 0 Å². The van der Waals surface area contributed by atoms with Crippen molar-refractivity contribution in [1.82, 2.24) is 4.98 Å². The number of aromatic amines is 1. The van der Waals surface area contributed by atoms with Gasteiger partial charge < -0.3 is 0 Å². The molecule has 0 spiro atoms. The molecule has 1 heterocycles. The van der Waals surface area contributed by atoms with E-state index in [1.807, 2.05) is 6.20 Å². The second-order valence-corrected chi connectivity index (χ2v) is 10.2. The molecule has 1 N–H and O–H groups in total. The second kappa shape index (κ2) is 19.9. The molecule has 2 aromatic rings. The number of hydrogen-bond acceptors (Lipinski definition) is 0. The summed E-state index contributed by atoms with van der Waals surface area (Å²) in [5.74, 6) is 0. The van der Waals surface area contributed by atoms with Gasteiger partial charge in [0.25, 0.3) is 0 Å². The molecule has 0 bridgehead atoms. The van der Waals surface area contributed by atoms with E-state index in [-0.39, 0.29) is 0 Å². The summed E-state index contributed by atoms with van der Waals surface area (Å²) in [6, 6.07) is 11.6. The molecule has 0 aliphatic rings. The quantitative estimate of drug-likeness (QED) is 0.135. The van der Waals surface area contributed by atoms with Crippen molar-refractivity contribution >= 4 is 0 Å². The number of nitrogens with zero attached hydrogens (tertiary/aromatic N) is 1. The van der Waals surface area contributed by atoms with E-state index in [1.165, 1.54) is 134 Å². The maximum absolute atomic E-state index is 3.23. The fourth-order valence-corrected chi connectivity index (χ4v) is 5.05. The lowest BCUT2D eigenvalue weighted by Crippen LogP contribution is -2.37. The van der Waals surface area contributed by atoms with Crippen LogP contribution in [0, 0.1) is 0 Å². The zero-order valence-corrected chi connectivity index (χ0v) is 21.8. The monoisotopic (exact) mass is 453 g/mol. The van der Waals surface area contributed by atoms with E-state index in [0.29, 0.717) is 6.04 Å². The summed E-state index contributed by atoms with van der Waals surface area (Å²) in [4.78, 5) is 3.23. The number of nitrogens with one attached hydrogen (secondary N) is 1. The molecule has 33 heavy (non-hydrogen) atoms. The van der Waals surface area contributed by atoms with Crippen LogP contribution in [0.2, 0.25) is 0 Å². The van der Waals surface area contributed by atoms with Crippen LogP contribution in [-0.4, -0.2) is 4.98 Å². The SMILES string of the molecule is CCCCCCCCCCCCCCCCCCCC(CCc1ccccc1)[n+]1cc[nH]c1. The number of benzene rings is 1. The second-order valence-electron chi connectivity index (χ2n) is 10.2. The van der Waals surface area contributed by atoms with Crippen molar-refractivity contribution in [2.75, 3.05) is 0 Å². The van der Waals surface area contributed by atoms with Crippen molar-refractivity contribution in [1.29, 1.82) is 0 Å². The molecule has 0 fully saturated rings. The molecule has 0 amide bonds. The van der Waals surface area contributed by atoms with Crippen LogP contribution in [0.5, 0.6) is 0 Å². The first kappa shape index (κ1) is 27.7. The maximum atomic E-state index is 3.23. The fraction of sp³-hybridized carbons (Fsp3) is 0.710. The van der Waals surface area contributed by atoms with E-state index in [0.717, 1.165) is 0 Å². The number of aromatic nitrogens is 2. The first-order valence-corrected chi connectivity index (χ1v) is 14.5. The van der Waals surface area contributed by atoms with Crippen molar-refractivity contribution in [3.63, 3.8) is 0 Å². The summed E-state index contributed by atoms with van der Waals surface area (Å²) in [6.45, 7) is 2.30. The standard InChI is InChI=1S/C31H52N2/c1-2-3-4-5-6-7-8-9-10-11-12-13-14-15-16-17-21-24-31(33-28-27-32-29-33)26-25-30-22-19-18-20-23-30/h18-20,22-23,27-29,31H,2-17,21,24-26H2,1H3/p+1. The Kier molecular flexibility index (Phi) is 16.7. The fourth-order valence-electron chi connectivity index (χ4n) is 5.05. The zero-order chi connectivity index (χ0) is 23.2. The van der Waals surface area contributed by atoms with Crippen molar-refractivity contribution < 1.29 is 4.57 Å². The van der Waals surface area contributed by atoms with Crippen molar-refractivity contribution in [2.45, 2.75) is 141 Å². The molecule has 1 aromatic carbocycles. The normalized spacial score (nSPS) is 12.3. The molecule has 0 saturated heterocycles. The number of hydrogen-bond donors (Lipinski definition) is 1. The minimum atomic E-state index is 0.618. The largest absolute Gasteiger partial charge is 0.250 e. The maximum Gasteiger partial charge on any atom is 0.241 e. The molecule has 1 unspecified atom stereocenters. The predicted molar refractivity (Wildman–Crippen MR) is 144 cm³/mol. The average molecular weight is 454 g/mol. The highest BCUT2D eigenvalue weighted by molar-refractivity contribution is 5.14. The summed E-state index contributed by atoms with van der Waals surface area (Å²) in [5, 5.41) is 0. The van der Waals surface area contributed by atoms with Gasteiger partial charge >= 0.3 is 0 Å². The molecule has 1 aromatic heterocycles. The van der Waals surface area contributed by atoms with Crippen LogP contribution in [0.15, 0.2) is 49.1 Å². The van der Waals surface area contributed by atoms with Gasteiger partial charge in [0.05, 0.1) is 0 Å². The smallest absolute Gasteiger partial charge is 0.241 e. The Labute approximate surface area is 205 Å². The summed E-state index contributed by atoms with van der Waals surface area (Å²) >= 11 is 0. The third kappa shape index (κ3) is 14.3. The molecule has 2 rings (SSSR count). The predicted octanol–water partition coefficient (Wildman–Crippen LogP) is 9.52. The zero-order valence-electron chi connectivity index (χ0n) is 21.8. The van der Waals surface area contributed by atoms with Gasteiger partial charge in [-0.1, -0.05) is 140 Å². The number of imidazole rings is 1. The van der Waals surface area contributed by atoms with Crippen LogP contribution in [0.1, 0.15) is 141 Å². The van der Waals surface area contributed by atoms with Gasteiger partial charge in [0.1, 0.15) is 18.4 Å². The first-order chi connectivity index (χ1) is 16.4. The Bertz CT molecular complexity index is 634. The van der Waals surface area contributed by atoms with Gasteiger partial charge in [-0.3, -0.25) is 4.98 Å². The van der Waals surface area contributed by atoms with Crippen molar-refractivity contribution in [3.05, 3.63) is 54.6 Å². The van der Waals surface area contributed by atoms with Crippen LogP contribution in [0.4, 0.5) is 0 Å². The first-order valence-electron chi connectivity index (χ1n) is 14.5. The van der Waals surface area contributed by atoms with Crippen LogP contribution in [0.25, 0.3) is 0 Å². The van der Waals surface area contributed by atoms with Gasteiger partial charge in [-0.2, -0.15) is 0 Å². The minimum absolute atomic E-state index is 0.618. The Morgan fingerprint density at radius 2 is 1.15 bits per heavy atom. The highest BCUT2D eigenvalue weighted by Gasteiger charge is 2.15. The number of H-pyrrole nitrogens is 1. The Hall–Kier alpha value is -1.57. The van der Waals surface area contributed by atoms with E-state index in [2.05, 4.69) is 59.3 Å². The molecule has 0 saturated carbocycles. The minimum Gasteiger partial charge on any atom is -0.250 e. The highest BCUT2D eigenvalue weighted by atomic mass is 15.0. The molecule has 186 valence electrons. The van der Waals surface area contributed by atoms with E-state index >= 15 is 0 Å². The average Bonchev–Trinajstić information content (AvgIpc) is 3.38. The van der Waals surface area contributed by atoms with Crippen LogP contribution < -0.4 is 4.57 Å². The van der Waals surface area contributed by atoms with Crippen LogP contribution in [0.3, 0.4) is 0 Å². The summed E-state index contributed by atoms with van der Waals surface area (Å²) in [5.41, 5.74) is 1.46. The summed E-state index contributed by atoms with van der Waals surface area (Å²) in [6.07, 6.45) is 34.6. The Morgan fingerprint density at radius 3 is 1.64 bits per heavy atom. The highest BCUT2D eigenvalue weighted by Crippen LogP contribution is 2.19. The van der Waals surface area contributed by atoms with E-state index in [4.69, 9.17) is 0 Å². The number of aryl methyl sites for hydroxylation is 1. The molecule has 0 aliphatic carbocycles. The molecular weight excluding hydrogens is 400 g/mol. The van der Waals surface area contributed by atoms with E-state index in [9.17, 15) is 0 Å². The lowest BCUT2D eigenvalue weighted by Gasteiger charge is -2.14. The Morgan fingerprint density at radius 1 is 0.636 bits per heavy atom.